The van der Waals surface area contributed by atoms with Crippen molar-refractivity contribution in [1.29, 1.82) is 0 Å². The molecule has 1 aromatic rings. The molecule has 0 fully saturated rings. The first-order valence-electron chi connectivity index (χ1n) is 4.85. The Labute approximate surface area is 83.5 Å². The lowest BCUT2D eigenvalue weighted by atomic mass is 10.2. The maximum absolute atomic E-state index is 11.6. The van der Waals surface area contributed by atoms with Crippen LogP contribution in [0, 0.1) is 0 Å². The molecule has 1 heterocycles. The lowest BCUT2D eigenvalue weighted by Crippen LogP contribution is -2.25. The molecule has 0 N–H and O–H groups in total. The summed E-state index contributed by atoms with van der Waals surface area (Å²) >= 11 is 0. The van der Waals surface area contributed by atoms with Crippen LogP contribution in [0.25, 0.3) is 0 Å². The molecule has 1 rings (SSSR count). The summed E-state index contributed by atoms with van der Waals surface area (Å²) < 4.78 is 6.44. The van der Waals surface area contributed by atoms with E-state index in [2.05, 4.69) is 5.10 Å². The van der Waals surface area contributed by atoms with E-state index in [1.54, 1.807) is 6.20 Å². The lowest BCUT2D eigenvalue weighted by Gasteiger charge is -2.14. The highest BCUT2D eigenvalue weighted by molar-refractivity contribution is 5.13. The van der Waals surface area contributed by atoms with E-state index in [0.29, 0.717) is 5.75 Å². The molecule has 0 aromatic carbocycles. The molecule has 0 radical (unpaired) electrons. The van der Waals surface area contributed by atoms with Gasteiger partial charge in [-0.1, -0.05) is 13.8 Å². The molecule has 4 nitrogen and oxygen atoms in total. The zero-order chi connectivity index (χ0) is 10.6. The molecule has 78 valence electrons. The quantitative estimate of drug-likeness (QED) is 0.735. The summed E-state index contributed by atoms with van der Waals surface area (Å²) in [6.07, 6.45) is 3.39. The van der Waals surface area contributed by atoms with Gasteiger partial charge in [0.2, 0.25) is 0 Å². The molecule has 0 amide bonds. The highest BCUT2D eigenvalue weighted by atomic mass is 16.5. The van der Waals surface area contributed by atoms with Crippen LogP contribution in [0.1, 0.15) is 32.7 Å². The molecular formula is C10H16N2O2. The van der Waals surface area contributed by atoms with Crippen LogP contribution in [-0.4, -0.2) is 16.9 Å². The van der Waals surface area contributed by atoms with Crippen molar-refractivity contribution in [1.82, 2.24) is 9.78 Å². The number of aromatic nitrogens is 2. The zero-order valence-electron chi connectivity index (χ0n) is 8.86. The van der Waals surface area contributed by atoms with Gasteiger partial charge in [-0.05, 0) is 12.8 Å². The van der Waals surface area contributed by atoms with E-state index in [0.717, 1.165) is 12.8 Å². The van der Waals surface area contributed by atoms with Gasteiger partial charge >= 0.3 is 0 Å². The van der Waals surface area contributed by atoms with Crippen molar-refractivity contribution < 1.29 is 4.74 Å². The minimum absolute atomic E-state index is 0.0990. The van der Waals surface area contributed by atoms with Crippen LogP contribution in [-0.2, 0) is 0 Å². The van der Waals surface area contributed by atoms with Gasteiger partial charge in [0.1, 0.15) is 5.75 Å². The van der Waals surface area contributed by atoms with Crippen molar-refractivity contribution in [2.45, 2.75) is 32.7 Å². The van der Waals surface area contributed by atoms with Crippen molar-refractivity contribution in [2.75, 3.05) is 7.11 Å². The Balaban J connectivity index is 3.05. The van der Waals surface area contributed by atoms with Crippen LogP contribution in [0.5, 0.6) is 5.75 Å². The van der Waals surface area contributed by atoms with Gasteiger partial charge in [0.15, 0.2) is 0 Å². The summed E-state index contributed by atoms with van der Waals surface area (Å²) in [5.74, 6) is 0.511. The highest BCUT2D eigenvalue weighted by Gasteiger charge is 2.09. The Bertz CT molecular complexity index is 342. The summed E-state index contributed by atoms with van der Waals surface area (Å²) in [6, 6.07) is 1.65. The topological polar surface area (TPSA) is 44.1 Å². The Morgan fingerprint density at radius 3 is 2.57 bits per heavy atom. The van der Waals surface area contributed by atoms with Crippen LogP contribution in [0.15, 0.2) is 17.1 Å². The van der Waals surface area contributed by atoms with E-state index >= 15 is 0 Å². The number of rotatable bonds is 4. The van der Waals surface area contributed by atoms with Crippen molar-refractivity contribution in [3.63, 3.8) is 0 Å². The average molecular weight is 196 g/mol. The number of methoxy groups -OCH3 is 1. The molecule has 0 bridgehead atoms. The summed E-state index contributed by atoms with van der Waals surface area (Å²) in [4.78, 5) is 11.6. The van der Waals surface area contributed by atoms with Gasteiger partial charge in [0.25, 0.3) is 5.56 Å². The first-order chi connectivity index (χ1) is 6.72. The van der Waals surface area contributed by atoms with Gasteiger partial charge in [0, 0.05) is 6.07 Å². The molecule has 1 aromatic heterocycles. The summed E-state index contributed by atoms with van der Waals surface area (Å²) in [7, 11) is 1.53. The van der Waals surface area contributed by atoms with Crippen molar-refractivity contribution in [2.24, 2.45) is 0 Å². The second kappa shape index (κ2) is 4.79. The first-order valence-corrected chi connectivity index (χ1v) is 4.85. The molecule has 0 aliphatic carbocycles. The lowest BCUT2D eigenvalue weighted by molar-refractivity contribution is 0.382. The number of hydrogen-bond donors (Lipinski definition) is 0. The number of nitrogens with zero attached hydrogens (tertiary/aromatic N) is 2. The molecule has 0 aliphatic rings. The first kappa shape index (κ1) is 10.8. The van der Waals surface area contributed by atoms with Gasteiger partial charge in [-0.15, -0.1) is 0 Å². The predicted molar refractivity (Wildman–Crippen MR) is 54.7 cm³/mol. The molecular weight excluding hydrogens is 180 g/mol. The van der Waals surface area contributed by atoms with Crippen LogP contribution >= 0.6 is 0 Å². The van der Waals surface area contributed by atoms with Gasteiger partial charge < -0.3 is 4.74 Å². The van der Waals surface area contributed by atoms with Gasteiger partial charge in [0.05, 0.1) is 19.3 Å². The molecule has 0 saturated heterocycles. The third-order valence-corrected chi connectivity index (χ3v) is 2.32. The molecule has 0 saturated carbocycles. The summed E-state index contributed by atoms with van der Waals surface area (Å²) in [5.41, 5.74) is -0.0990. The monoisotopic (exact) mass is 196 g/mol. The van der Waals surface area contributed by atoms with Crippen LogP contribution in [0.2, 0.25) is 0 Å². The minimum Gasteiger partial charge on any atom is -0.495 e. The molecule has 0 aliphatic heterocycles. The fraction of sp³-hybridized carbons (Fsp3) is 0.600. The second-order valence-corrected chi connectivity index (χ2v) is 3.15. The SMILES string of the molecule is CCC(CC)n1ncc(OC)cc1=O. The third-order valence-electron chi connectivity index (χ3n) is 2.32. The van der Waals surface area contributed by atoms with Crippen LogP contribution in [0.3, 0.4) is 0 Å². The predicted octanol–water partition coefficient (Wildman–Crippen LogP) is 1.61. The van der Waals surface area contributed by atoms with Crippen LogP contribution in [0.4, 0.5) is 0 Å². The van der Waals surface area contributed by atoms with E-state index in [4.69, 9.17) is 4.74 Å². The fourth-order valence-electron chi connectivity index (χ4n) is 1.42. The summed E-state index contributed by atoms with van der Waals surface area (Å²) in [5, 5.41) is 4.07. The maximum atomic E-state index is 11.6. The van der Waals surface area contributed by atoms with Gasteiger partial charge in [-0.2, -0.15) is 5.10 Å². The van der Waals surface area contributed by atoms with E-state index in [9.17, 15) is 4.79 Å². The summed E-state index contributed by atoms with van der Waals surface area (Å²) in [6.45, 7) is 4.10. The highest BCUT2D eigenvalue weighted by Crippen LogP contribution is 2.12. The zero-order valence-corrected chi connectivity index (χ0v) is 8.86. The second-order valence-electron chi connectivity index (χ2n) is 3.15. The van der Waals surface area contributed by atoms with E-state index in [1.165, 1.54) is 17.9 Å². The van der Waals surface area contributed by atoms with Gasteiger partial charge in [-0.3, -0.25) is 4.79 Å². The average Bonchev–Trinajstić information content (AvgIpc) is 2.22. The minimum atomic E-state index is -0.0990. The third kappa shape index (κ3) is 2.13. The van der Waals surface area contributed by atoms with Crippen molar-refractivity contribution in [3.05, 3.63) is 22.6 Å². The van der Waals surface area contributed by atoms with Crippen molar-refractivity contribution in [3.8, 4) is 5.75 Å². The fourth-order valence-corrected chi connectivity index (χ4v) is 1.42. The number of ether oxygens (including phenoxy) is 1. The smallest absolute Gasteiger partial charge is 0.270 e. The Hall–Kier alpha value is -1.32. The standard InChI is InChI=1S/C10H16N2O2/c1-4-8(5-2)12-10(13)6-9(14-3)7-11-12/h6-8H,4-5H2,1-3H3. The van der Waals surface area contributed by atoms with E-state index in [1.807, 2.05) is 13.8 Å². The molecule has 0 atom stereocenters. The molecule has 0 spiro atoms. The largest absolute Gasteiger partial charge is 0.495 e. The van der Waals surface area contributed by atoms with E-state index < -0.39 is 0 Å². The maximum Gasteiger partial charge on any atom is 0.270 e. The number of hydrogen-bond acceptors (Lipinski definition) is 3. The van der Waals surface area contributed by atoms with E-state index in [-0.39, 0.29) is 11.6 Å². The molecule has 4 heteroatoms. The Morgan fingerprint density at radius 1 is 1.50 bits per heavy atom. The van der Waals surface area contributed by atoms with Crippen molar-refractivity contribution >= 4 is 0 Å². The molecule has 14 heavy (non-hydrogen) atoms. The van der Waals surface area contributed by atoms with Gasteiger partial charge in [-0.25, -0.2) is 4.68 Å². The van der Waals surface area contributed by atoms with Crippen LogP contribution < -0.4 is 10.3 Å². The Kier molecular flexibility index (Phi) is 3.68. The normalized spacial score (nSPS) is 10.6. The Morgan fingerprint density at radius 2 is 2.14 bits per heavy atom. The molecule has 0 unspecified atom stereocenters.